The van der Waals surface area contributed by atoms with Crippen LogP contribution in [0.15, 0.2) is 30.3 Å². The maximum absolute atomic E-state index is 11.2. The van der Waals surface area contributed by atoms with E-state index in [0.717, 1.165) is 24.3 Å². The summed E-state index contributed by atoms with van der Waals surface area (Å²) in [6, 6.07) is 7.70. The van der Waals surface area contributed by atoms with Crippen molar-refractivity contribution < 1.29 is 14.3 Å². The second kappa shape index (κ2) is 10.1. The Morgan fingerprint density at radius 2 is 1.85 bits per heavy atom. The topological polar surface area (TPSA) is 35.5 Å². The number of unbranched alkanes of at least 4 members (excludes halogenated alkanes) is 3. The molecule has 0 saturated heterocycles. The van der Waals surface area contributed by atoms with Gasteiger partial charge in [0.15, 0.2) is 0 Å². The first kappa shape index (κ1) is 16.3. The standard InChI is InChI=1S/C17H24O3/c1-3-5-6-7-14-20-16-11-8-15(9-12-16)10-13-17(18)19-4-2/h8-13H,3-7,14H2,1-2H3/b13-10+. The summed E-state index contributed by atoms with van der Waals surface area (Å²) in [7, 11) is 0. The van der Waals surface area contributed by atoms with Crippen LogP contribution in [0.5, 0.6) is 5.75 Å². The van der Waals surface area contributed by atoms with E-state index in [2.05, 4.69) is 6.92 Å². The smallest absolute Gasteiger partial charge is 0.330 e. The highest BCUT2D eigenvalue weighted by atomic mass is 16.5. The minimum atomic E-state index is -0.316. The normalized spacial score (nSPS) is 10.7. The Kier molecular flexibility index (Phi) is 8.20. The van der Waals surface area contributed by atoms with Crippen LogP contribution < -0.4 is 4.74 Å². The summed E-state index contributed by atoms with van der Waals surface area (Å²) in [5, 5.41) is 0. The lowest BCUT2D eigenvalue weighted by Crippen LogP contribution is -1.98. The van der Waals surface area contributed by atoms with Crippen LogP contribution in [0.4, 0.5) is 0 Å². The molecule has 0 unspecified atom stereocenters. The molecule has 20 heavy (non-hydrogen) atoms. The van der Waals surface area contributed by atoms with Crippen LogP contribution in [-0.4, -0.2) is 19.2 Å². The molecular formula is C17H24O3. The number of hydrogen-bond acceptors (Lipinski definition) is 3. The van der Waals surface area contributed by atoms with E-state index in [1.807, 2.05) is 24.3 Å². The molecule has 1 aromatic carbocycles. The van der Waals surface area contributed by atoms with Gasteiger partial charge in [0.25, 0.3) is 0 Å². The second-order valence-electron chi connectivity index (χ2n) is 4.56. The fourth-order valence-corrected chi connectivity index (χ4v) is 1.75. The molecule has 0 saturated carbocycles. The van der Waals surface area contributed by atoms with Gasteiger partial charge in [-0.3, -0.25) is 0 Å². The minimum Gasteiger partial charge on any atom is -0.494 e. The van der Waals surface area contributed by atoms with Crippen molar-refractivity contribution in [3.8, 4) is 5.75 Å². The third kappa shape index (κ3) is 6.98. The monoisotopic (exact) mass is 276 g/mol. The van der Waals surface area contributed by atoms with Gasteiger partial charge in [0.2, 0.25) is 0 Å². The van der Waals surface area contributed by atoms with Crippen LogP contribution in [0, 0.1) is 0 Å². The van der Waals surface area contributed by atoms with Gasteiger partial charge in [-0.15, -0.1) is 0 Å². The van der Waals surface area contributed by atoms with Crippen molar-refractivity contribution in [3.63, 3.8) is 0 Å². The van der Waals surface area contributed by atoms with Crippen molar-refractivity contribution in [3.05, 3.63) is 35.9 Å². The van der Waals surface area contributed by atoms with E-state index in [9.17, 15) is 4.79 Å². The van der Waals surface area contributed by atoms with Gasteiger partial charge < -0.3 is 9.47 Å². The zero-order chi connectivity index (χ0) is 14.6. The summed E-state index contributed by atoms with van der Waals surface area (Å²) in [6.45, 7) is 5.15. The molecule has 0 spiro atoms. The Morgan fingerprint density at radius 3 is 2.50 bits per heavy atom. The Labute approximate surface area is 121 Å². The second-order valence-corrected chi connectivity index (χ2v) is 4.56. The van der Waals surface area contributed by atoms with E-state index in [1.165, 1.54) is 25.3 Å². The first-order valence-electron chi connectivity index (χ1n) is 7.34. The lowest BCUT2D eigenvalue weighted by molar-refractivity contribution is -0.137. The highest BCUT2D eigenvalue weighted by Gasteiger charge is 1.96. The van der Waals surface area contributed by atoms with Crippen molar-refractivity contribution in [1.29, 1.82) is 0 Å². The minimum absolute atomic E-state index is 0.316. The molecule has 0 atom stereocenters. The zero-order valence-electron chi connectivity index (χ0n) is 12.4. The van der Waals surface area contributed by atoms with Crippen LogP contribution in [0.25, 0.3) is 6.08 Å². The number of rotatable bonds is 9. The molecule has 0 fully saturated rings. The van der Waals surface area contributed by atoms with E-state index < -0.39 is 0 Å². The summed E-state index contributed by atoms with van der Waals surface area (Å²) >= 11 is 0. The van der Waals surface area contributed by atoms with Crippen LogP contribution in [0.2, 0.25) is 0 Å². The van der Waals surface area contributed by atoms with E-state index >= 15 is 0 Å². The molecule has 110 valence electrons. The Hall–Kier alpha value is -1.77. The molecule has 0 heterocycles. The maximum atomic E-state index is 11.2. The van der Waals surface area contributed by atoms with E-state index in [0.29, 0.717) is 6.61 Å². The molecule has 3 nitrogen and oxygen atoms in total. The lowest BCUT2D eigenvalue weighted by atomic mass is 10.2. The lowest BCUT2D eigenvalue weighted by Gasteiger charge is -2.06. The number of carbonyl (C=O) groups is 1. The zero-order valence-corrected chi connectivity index (χ0v) is 12.4. The molecule has 0 bridgehead atoms. The number of ether oxygens (including phenoxy) is 2. The van der Waals surface area contributed by atoms with Gasteiger partial charge in [-0.25, -0.2) is 4.79 Å². The van der Waals surface area contributed by atoms with Gasteiger partial charge in [-0.1, -0.05) is 38.3 Å². The molecule has 0 aromatic heterocycles. The third-order valence-corrected chi connectivity index (χ3v) is 2.85. The largest absolute Gasteiger partial charge is 0.494 e. The van der Waals surface area contributed by atoms with Gasteiger partial charge in [0, 0.05) is 6.08 Å². The number of carbonyl (C=O) groups excluding carboxylic acids is 1. The van der Waals surface area contributed by atoms with Crippen LogP contribution in [-0.2, 0) is 9.53 Å². The average Bonchev–Trinajstić information content (AvgIpc) is 2.46. The summed E-state index contributed by atoms with van der Waals surface area (Å²) in [5.41, 5.74) is 0.955. The molecule has 1 rings (SSSR count). The first-order chi connectivity index (χ1) is 9.76. The molecule has 0 aliphatic heterocycles. The van der Waals surface area contributed by atoms with E-state index in [-0.39, 0.29) is 5.97 Å². The van der Waals surface area contributed by atoms with Gasteiger partial charge >= 0.3 is 5.97 Å². The number of benzene rings is 1. The van der Waals surface area contributed by atoms with Crippen molar-refractivity contribution >= 4 is 12.0 Å². The van der Waals surface area contributed by atoms with Crippen LogP contribution in [0.1, 0.15) is 45.1 Å². The molecular weight excluding hydrogens is 252 g/mol. The molecule has 0 aliphatic carbocycles. The van der Waals surface area contributed by atoms with Crippen molar-refractivity contribution in [2.75, 3.05) is 13.2 Å². The summed E-state index contributed by atoms with van der Waals surface area (Å²) in [4.78, 5) is 11.2. The maximum Gasteiger partial charge on any atom is 0.330 e. The predicted molar refractivity (Wildman–Crippen MR) is 81.7 cm³/mol. The fourth-order valence-electron chi connectivity index (χ4n) is 1.75. The highest BCUT2D eigenvalue weighted by Crippen LogP contribution is 2.14. The van der Waals surface area contributed by atoms with Crippen molar-refractivity contribution in [1.82, 2.24) is 0 Å². The Morgan fingerprint density at radius 1 is 1.10 bits per heavy atom. The van der Waals surface area contributed by atoms with Crippen LogP contribution in [0.3, 0.4) is 0 Å². The predicted octanol–water partition coefficient (Wildman–Crippen LogP) is 4.22. The Bertz CT molecular complexity index is 407. The SMILES string of the molecule is CCCCCCOc1ccc(/C=C/C(=O)OCC)cc1. The molecule has 0 aliphatic rings. The summed E-state index contributed by atoms with van der Waals surface area (Å²) in [5.74, 6) is 0.554. The van der Waals surface area contributed by atoms with E-state index in [1.54, 1.807) is 13.0 Å². The van der Waals surface area contributed by atoms with Crippen molar-refractivity contribution in [2.45, 2.75) is 39.5 Å². The molecule has 1 aromatic rings. The Balaban J connectivity index is 2.34. The molecule has 0 N–H and O–H groups in total. The van der Waals surface area contributed by atoms with Crippen molar-refractivity contribution in [2.24, 2.45) is 0 Å². The quantitative estimate of drug-likeness (QED) is 0.385. The van der Waals surface area contributed by atoms with Gasteiger partial charge in [0.1, 0.15) is 5.75 Å². The van der Waals surface area contributed by atoms with Gasteiger partial charge in [-0.2, -0.15) is 0 Å². The highest BCUT2D eigenvalue weighted by molar-refractivity contribution is 5.87. The van der Waals surface area contributed by atoms with E-state index in [4.69, 9.17) is 9.47 Å². The van der Waals surface area contributed by atoms with Gasteiger partial charge in [-0.05, 0) is 37.1 Å². The number of esters is 1. The average molecular weight is 276 g/mol. The summed E-state index contributed by atoms with van der Waals surface area (Å²) in [6.07, 6.45) is 7.99. The fraction of sp³-hybridized carbons (Fsp3) is 0.471. The third-order valence-electron chi connectivity index (χ3n) is 2.85. The summed E-state index contributed by atoms with van der Waals surface area (Å²) < 4.78 is 10.5. The van der Waals surface area contributed by atoms with Crippen LogP contribution >= 0.6 is 0 Å². The molecule has 3 heteroatoms. The molecule has 0 amide bonds. The number of hydrogen-bond donors (Lipinski definition) is 0. The molecule has 0 radical (unpaired) electrons. The van der Waals surface area contributed by atoms with Gasteiger partial charge in [0.05, 0.1) is 13.2 Å². The first-order valence-corrected chi connectivity index (χ1v) is 7.34.